The van der Waals surface area contributed by atoms with Crippen molar-refractivity contribution in [3.8, 4) is 0 Å². The number of rotatable bonds is 5. The van der Waals surface area contributed by atoms with Gasteiger partial charge in [0.25, 0.3) is 0 Å². The van der Waals surface area contributed by atoms with Crippen LogP contribution < -0.4 is 5.56 Å². The number of aromatic amines is 1. The van der Waals surface area contributed by atoms with Gasteiger partial charge in [-0.15, -0.1) is 0 Å². The maximum absolute atomic E-state index is 11.5. The summed E-state index contributed by atoms with van der Waals surface area (Å²) in [6.07, 6.45) is 5.59. The minimum absolute atomic E-state index is 0.202. The van der Waals surface area contributed by atoms with Gasteiger partial charge in [-0.3, -0.25) is 9.79 Å². The molecule has 23 heavy (non-hydrogen) atoms. The molecule has 118 valence electrons. The molecular weight excluding hydrogens is 292 g/mol. The lowest BCUT2D eigenvalue weighted by atomic mass is 10.1. The Kier molecular flexibility index (Phi) is 4.06. The van der Waals surface area contributed by atoms with Gasteiger partial charge in [-0.25, -0.2) is 9.97 Å². The number of fused-ring (bicyclic) bond motifs is 1. The lowest BCUT2D eigenvalue weighted by molar-refractivity contribution is 0.312. The van der Waals surface area contributed by atoms with Crippen LogP contribution in [0.25, 0.3) is 16.6 Å². The van der Waals surface area contributed by atoms with E-state index in [1.165, 1.54) is 6.07 Å². The van der Waals surface area contributed by atoms with E-state index >= 15 is 0 Å². The van der Waals surface area contributed by atoms with Gasteiger partial charge in [0, 0.05) is 29.8 Å². The third-order valence-electron chi connectivity index (χ3n) is 3.71. The summed E-state index contributed by atoms with van der Waals surface area (Å²) in [5.74, 6) is 1.30. The van der Waals surface area contributed by atoms with Gasteiger partial charge in [0.05, 0.1) is 18.4 Å². The fourth-order valence-corrected chi connectivity index (χ4v) is 2.41. The van der Waals surface area contributed by atoms with Crippen LogP contribution in [0.5, 0.6) is 0 Å². The third-order valence-corrected chi connectivity index (χ3v) is 3.71. The number of nitrogens with one attached hydrogen (secondary N) is 1. The van der Waals surface area contributed by atoms with Gasteiger partial charge in [-0.05, 0) is 25.8 Å². The molecule has 1 aliphatic carbocycles. The highest BCUT2D eigenvalue weighted by Gasteiger charge is 2.31. The van der Waals surface area contributed by atoms with E-state index in [1.54, 1.807) is 25.6 Å². The zero-order valence-electron chi connectivity index (χ0n) is 13.2. The number of H-pyrrole nitrogens is 1. The van der Waals surface area contributed by atoms with E-state index in [9.17, 15) is 4.79 Å². The van der Waals surface area contributed by atoms with Crippen molar-refractivity contribution >= 4 is 22.8 Å². The maximum atomic E-state index is 11.5. The lowest BCUT2D eigenvalue weighted by Gasteiger charge is -2.13. The first-order valence-corrected chi connectivity index (χ1v) is 7.46. The molecule has 2 heterocycles. The quantitative estimate of drug-likeness (QED) is 0.523. The molecule has 6 nitrogen and oxygen atoms in total. The number of hydrogen-bond donors (Lipinski definition) is 1. The number of pyridine rings is 1. The van der Waals surface area contributed by atoms with Gasteiger partial charge in [-0.1, -0.05) is 6.58 Å². The molecule has 1 N–H and O–H groups in total. The second-order valence-electron chi connectivity index (χ2n) is 5.37. The SMILES string of the molecule is C=C(OC)/C(=C(\N=CC)C1CC1)c1ncc2ccc(=O)[nH]c2n1. The molecule has 0 bridgehead atoms. The standard InChI is InChI=1S/C17H18N4O2/c1-4-18-15(11-5-6-11)14(10(2)23-3)17-19-9-12-7-8-13(22)20-16(12)21-17/h4,7-9,11H,2,5-6H2,1,3H3,(H,19,20,21,22)/b15-14+,18-4?. The van der Waals surface area contributed by atoms with Crippen molar-refractivity contribution in [1.29, 1.82) is 0 Å². The maximum Gasteiger partial charge on any atom is 0.249 e. The lowest BCUT2D eigenvalue weighted by Crippen LogP contribution is -2.07. The normalized spacial score (nSPS) is 15.7. The molecule has 0 aromatic carbocycles. The molecule has 0 radical (unpaired) electrons. The highest BCUT2D eigenvalue weighted by Crippen LogP contribution is 2.42. The molecule has 2 aromatic heterocycles. The van der Waals surface area contributed by atoms with Crippen LogP contribution in [-0.2, 0) is 4.74 Å². The smallest absolute Gasteiger partial charge is 0.249 e. The Labute approximate surface area is 133 Å². The van der Waals surface area contributed by atoms with Crippen molar-refractivity contribution in [1.82, 2.24) is 15.0 Å². The molecule has 1 fully saturated rings. The van der Waals surface area contributed by atoms with Crippen molar-refractivity contribution in [3.63, 3.8) is 0 Å². The fraction of sp³-hybridized carbons (Fsp3) is 0.294. The summed E-state index contributed by atoms with van der Waals surface area (Å²) < 4.78 is 5.33. The molecule has 0 aliphatic heterocycles. The Balaban J connectivity index is 2.22. The average Bonchev–Trinajstić information content (AvgIpc) is 3.38. The summed E-state index contributed by atoms with van der Waals surface area (Å²) in [5, 5.41) is 0.766. The summed E-state index contributed by atoms with van der Waals surface area (Å²) in [6, 6.07) is 3.14. The van der Waals surface area contributed by atoms with Crippen LogP contribution in [-0.4, -0.2) is 28.3 Å². The molecule has 0 spiro atoms. The number of methoxy groups -OCH3 is 1. The Bertz CT molecular complexity index is 876. The van der Waals surface area contributed by atoms with Crippen molar-refractivity contribution in [3.05, 3.63) is 52.5 Å². The van der Waals surface area contributed by atoms with Crippen molar-refractivity contribution in [2.45, 2.75) is 19.8 Å². The van der Waals surface area contributed by atoms with Crippen LogP contribution in [0.4, 0.5) is 0 Å². The van der Waals surface area contributed by atoms with E-state index in [4.69, 9.17) is 4.74 Å². The van der Waals surface area contributed by atoms with Gasteiger partial charge in [-0.2, -0.15) is 0 Å². The first-order valence-electron chi connectivity index (χ1n) is 7.46. The zero-order valence-corrected chi connectivity index (χ0v) is 13.2. The van der Waals surface area contributed by atoms with Gasteiger partial charge >= 0.3 is 0 Å². The third kappa shape index (κ3) is 3.06. The topological polar surface area (TPSA) is 80.2 Å². The van der Waals surface area contributed by atoms with Crippen LogP contribution in [0.15, 0.2) is 46.2 Å². The molecular formula is C17H18N4O2. The predicted octanol–water partition coefficient (Wildman–Crippen LogP) is 2.69. The van der Waals surface area contributed by atoms with Crippen LogP contribution >= 0.6 is 0 Å². The van der Waals surface area contributed by atoms with Crippen LogP contribution in [0.3, 0.4) is 0 Å². The molecule has 3 rings (SSSR count). The highest BCUT2D eigenvalue weighted by atomic mass is 16.5. The largest absolute Gasteiger partial charge is 0.497 e. The summed E-state index contributed by atoms with van der Waals surface area (Å²) in [4.78, 5) is 27.6. The number of nitrogens with zero attached hydrogens (tertiary/aromatic N) is 3. The molecule has 0 amide bonds. The molecule has 0 atom stereocenters. The molecule has 2 aromatic rings. The van der Waals surface area contributed by atoms with Gasteiger partial charge in [0.1, 0.15) is 11.4 Å². The van der Waals surface area contributed by atoms with E-state index in [0.29, 0.717) is 28.7 Å². The van der Waals surface area contributed by atoms with E-state index < -0.39 is 0 Å². The van der Waals surface area contributed by atoms with Crippen LogP contribution in [0.1, 0.15) is 25.6 Å². The summed E-state index contributed by atoms with van der Waals surface area (Å²) in [7, 11) is 1.56. The molecule has 6 heteroatoms. The number of aliphatic imine (C=N–C) groups is 1. The average molecular weight is 310 g/mol. The van der Waals surface area contributed by atoms with Crippen LogP contribution in [0, 0.1) is 5.92 Å². The van der Waals surface area contributed by atoms with Crippen molar-refractivity contribution < 1.29 is 4.74 Å². The fourth-order valence-electron chi connectivity index (χ4n) is 2.41. The number of aromatic nitrogens is 3. The predicted molar refractivity (Wildman–Crippen MR) is 90.1 cm³/mol. The van der Waals surface area contributed by atoms with Crippen molar-refractivity contribution in [2.75, 3.05) is 7.11 Å². The minimum atomic E-state index is -0.202. The summed E-state index contributed by atoms with van der Waals surface area (Å²) in [6.45, 7) is 5.82. The monoisotopic (exact) mass is 310 g/mol. The Morgan fingerprint density at radius 2 is 2.26 bits per heavy atom. The first kappa shape index (κ1) is 15.1. The van der Waals surface area contributed by atoms with E-state index in [0.717, 1.165) is 23.9 Å². The second kappa shape index (κ2) is 6.16. The molecule has 0 unspecified atom stereocenters. The van der Waals surface area contributed by atoms with Gasteiger partial charge in [0.2, 0.25) is 5.56 Å². The summed E-state index contributed by atoms with van der Waals surface area (Å²) in [5.41, 5.74) is 1.86. The second-order valence-corrected chi connectivity index (χ2v) is 5.37. The van der Waals surface area contributed by atoms with Crippen molar-refractivity contribution in [2.24, 2.45) is 10.9 Å². The first-order chi connectivity index (χ1) is 11.1. The molecule has 1 aliphatic rings. The minimum Gasteiger partial charge on any atom is -0.497 e. The number of ether oxygens (including phenoxy) is 1. The summed E-state index contributed by atoms with van der Waals surface area (Å²) >= 11 is 0. The Hall–Kier alpha value is -2.76. The van der Waals surface area contributed by atoms with Crippen LogP contribution in [0.2, 0.25) is 0 Å². The number of hydrogen-bond acceptors (Lipinski definition) is 5. The molecule has 1 saturated carbocycles. The Morgan fingerprint density at radius 1 is 1.48 bits per heavy atom. The number of allylic oxidation sites excluding steroid dienone is 2. The Morgan fingerprint density at radius 3 is 2.91 bits per heavy atom. The van der Waals surface area contributed by atoms with E-state index in [2.05, 4.69) is 26.5 Å². The molecule has 0 saturated heterocycles. The van der Waals surface area contributed by atoms with Gasteiger partial charge < -0.3 is 9.72 Å². The highest BCUT2D eigenvalue weighted by molar-refractivity contribution is 5.81. The van der Waals surface area contributed by atoms with Gasteiger partial charge in [0.15, 0.2) is 5.82 Å². The zero-order chi connectivity index (χ0) is 16.4. The van der Waals surface area contributed by atoms with E-state index in [1.807, 2.05) is 6.92 Å². The van der Waals surface area contributed by atoms with E-state index in [-0.39, 0.29) is 5.56 Å².